The van der Waals surface area contributed by atoms with Gasteiger partial charge in [-0.05, 0) is 42.0 Å². The van der Waals surface area contributed by atoms with Crippen LogP contribution in [0.3, 0.4) is 0 Å². The third-order valence-electron chi connectivity index (χ3n) is 4.44. The van der Waals surface area contributed by atoms with Crippen LogP contribution in [0.4, 0.5) is 4.39 Å². The molecule has 0 bridgehead atoms. The summed E-state index contributed by atoms with van der Waals surface area (Å²) >= 11 is 0. The van der Waals surface area contributed by atoms with Crippen molar-refractivity contribution in [3.05, 3.63) is 89.2 Å². The summed E-state index contributed by atoms with van der Waals surface area (Å²) in [7, 11) is 2.79. The average Bonchev–Trinajstić information content (AvgIpc) is 2.81. The molecule has 0 heterocycles. The van der Waals surface area contributed by atoms with Crippen molar-refractivity contribution in [3.63, 3.8) is 0 Å². The highest BCUT2D eigenvalue weighted by atomic mass is 19.1. The molecule has 3 rings (SSSR count). The molecule has 3 aromatic rings. The fourth-order valence-electron chi connectivity index (χ4n) is 2.79. The fourth-order valence-corrected chi connectivity index (χ4v) is 2.79. The number of halogens is 1. The minimum Gasteiger partial charge on any atom is -0.494 e. The smallest absolute Gasteiger partial charge is 0.338 e. The normalized spacial score (nSPS) is 10.3. The van der Waals surface area contributed by atoms with Crippen molar-refractivity contribution in [1.82, 2.24) is 0 Å². The molecule has 0 radical (unpaired) electrons. The number of Topliss-reactive ketones (excluding diaryl/α,β-unsaturated/α-hetero) is 1. The molecule has 0 aromatic heterocycles. The Morgan fingerprint density at radius 1 is 0.806 bits per heavy atom. The molecule has 160 valence electrons. The quantitative estimate of drug-likeness (QED) is 0.373. The summed E-state index contributed by atoms with van der Waals surface area (Å²) < 4.78 is 34.7. The number of carbonyl (C=O) groups is 2. The number of carbonyl (C=O) groups excluding carboxylic acids is 2. The van der Waals surface area contributed by atoms with Gasteiger partial charge in [0.05, 0.1) is 19.8 Å². The van der Waals surface area contributed by atoms with E-state index in [0.717, 1.165) is 11.6 Å². The third-order valence-corrected chi connectivity index (χ3v) is 4.44. The van der Waals surface area contributed by atoms with Crippen LogP contribution in [0.2, 0.25) is 0 Å². The van der Waals surface area contributed by atoms with Crippen LogP contribution in [-0.4, -0.2) is 32.6 Å². The second-order valence-corrected chi connectivity index (χ2v) is 6.49. The molecule has 6 nitrogen and oxygen atoms in total. The first-order valence-electron chi connectivity index (χ1n) is 9.40. The van der Waals surface area contributed by atoms with Crippen molar-refractivity contribution in [3.8, 4) is 17.2 Å². The SMILES string of the molecule is COc1ccc(C(=O)COC(=O)c2ccc(OCc3ccccc3)c(OC)c2)cc1F. The third kappa shape index (κ3) is 5.60. The Kier molecular flexibility index (Phi) is 7.22. The van der Waals surface area contributed by atoms with Crippen LogP contribution < -0.4 is 14.2 Å². The van der Waals surface area contributed by atoms with Crippen molar-refractivity contribution in [2.75, 3.05) is 20.8 Å². The van der Waals surface area contributed by atoms with Gasteiger partial charge in [-0.1, -0.05) is 30.3 Å². The zero-order chi connectivity index (χ0) is 22.2. The molecule has 0 fully saturated rings. The van der Waals surface area contributed by atoms with Gasteiger partial charge in [-0.15, -0.1) is 0 Å². The molecular weight excluding hydrogens is 403 g/mol. The summed E-state index contributed by atoms with van der Waals surface area (Å²) in [6, 6.07) is 18.0. The molecule has 3 aromatic carbocycles. The number of esters is 1. The summed E-state index contributed by atoms with van der Waals surface area (Å²) in [5, 5.41) is 0. The molecule has 0 amide bonds. The van der Waals surface area contributed by atoms with E-state index in [-0.39, 0.29) is 16.9 Å². The van der Waals surface area contributed by atoms with Gasteiger partial charge in [0.25, 0.3) is 0 Å². The maximum absolute atomic E-state index is 13.8. The topological polar surface area (TPSA) is 71.1 Å². The van der Waals surface area contributed by atoms with E-state index in [9.17, 15) is 14.0 Å². The predicted octanol–water partition coefficient (Wildman–Crippen LogP) is 4.46. The average molecular weight is 424 g/mol. The number of ether oxygens (including phenoxy) is 4. The first kappa shape index (κ1) is 21.8. The Bertz CT molecular complexity index is 1060. The van der Waals surface area contributed by atoms with E-state index in [0.29, 0.717) is 18.1 Å². The van der Waals surface area contributed by atoms with Gasteiger partial charge in [0.2, 0.25) is 0 Å². The highest BCUT2D eigenvalue weighted by molar-refractivity contribution is 5.99. The Labute approximate surface area is 179 Å². The van der Waals surface area contributed by atoms with Crippen LogP contribution in [0, 0.1) is 5.82 Å². The first-order chi connectivity index (χ1) is 15.0. The summed E-state index contributed by atoms with van der Waals surface area (Å²) in [5.74, 6) is -1.08. The lowest BCUT2D eigenvalue weighted by Gasteiger charge is -2.12. The lowest BCUT2D eigenvalue weighted by Crippen LogP contribution is -2.14. The van der Waals surface area contributed by atoms with Crippen LogP contribution in [0.25, 0.3) is 0 Å². The lowest BCUT2D eigenvalue weighted by atomic mass is 10.1. The minimum absolute atomic E-state index is 0.0233. The van der Waals surface area contributed by atoms with Gasteiger partial charge in [-0.2, -0.15) is 0 Å². The molecule has 0 aliphatic carbocycles. The number of hydrogen-bond acceptors (Lipinski definition) is 6. The Morgan fingerprint density at radius 3 is 2.16 bits per heavy atom. The molecule has 0 saturated carbocycles. The van der Waals surface area contributed by atoms with Gasteiger partial charge in [0.1, 0.15) is 6.61 Å². The summed E-state index contributed by atoms with van der Waals surface area (Å²) in [6.45, 7) is -0.187. The van der Waals surface area contributed by atoms with E-state index in [4.69, 9.17) is 18.9 Å². The molecule has 0 spiro atoms. The standard InChI is InChI=1S/C24H21FO6/c1-28-21-10-8-17(12-19(21)25)20(26)15-31-24(27)18-9-11-22(23(13-18)29-2)30-14-16-6-4-3-5-7-16/h3-13H,14-15H2,1-2H3. The van der Waals surface area contributed by atoms with Crippen molar-refractivity contribution in [2.45, 2.75) is 6.61 Å². The van der Waals surface area contributed by atoms with E-state index < -0.39 is 24.2 Å². The predicted molar refractivity (Wildman–Crippen MR) is 111 cm³/mol. The van der Waals surface area contributed by atoms with Gasteiger partial charge >= 0.3 is 5.97 Å². The van der Waals surface area contributed by atoms with Gasteiger partial charge in [-0.25, -0.2) is 9.18 Å². The number of ketones is 1. The van der Waals surface area contributed by atoms with Crippen LogP contribution in [0.5, 0.6) is 17.2 Å². The highest BCUT2D eigenvalue weighted by Gasteiger charge is 2.16. The van der Waals surface area contributed by atoms with Crippen molar-refractivity contribution in [2.24, 2.45) is 0 Å². The number of rotatable bonds is 9. The zero-order valence-electron chi connectivity index (χ0n) is 17.1. The van der Waals surface area contributed by atoms with E-state index in [1.165, 1.54) is 38.5 Å². The number of hydrogen-bond donors (Lipinski definition) is 0. The monoisotopic (exact) mass is 424 g/mol. The maximum atomic E-state index is 13.8. The lowest BCUT2D eigenvalue weighted by molar-refractivity contribution is 0.0474. The van der Waals surface area contributed by atoms with E-state index in [1.807, 2.05) is 30.3 Å². The number of benzene rings is 3. The molecule has 7 heteroatoms. The molecule has 0 aliphatic heterocycles. The Morgan fingerprint density at radius 2 is 1.48 bits per heavy atom. The highest BCUT2D eigenvalue weighted by Crippen LogP contribution is 2.29. The van der Waals surface area contributed by atoms with Gasteiger partial charge < -0.3 is 18.9 Å². The molecule has 31 heavy (non-hydrogen) atoms. The molecule has 0 unspecified atom stereocenters. The molecule has 0 aliphatic rings. The molecule has 0 atom stereocenters. The first-order valence-corrected chi connectivity index (χ1v) is 9.40. The van der Waals surface area contributed by atoms with Crippen molar-refractivity contribution >= 4 is 11.8 Å². The van der Waals surface area contributed by atoms with E-state index in [2.05, 4.69) is 0 Å². The van der Waals surface area contributed by atoms with Crippen LogP contribution in [0.15, 0.2) is 66.7 Å². The van der Waals surface area contributed by atoms with E-state index in [1.54, 1.807) is 6.07 Å². The van der Waals surface area contributed by atoms with Crippen LogP contribution >= 0.6 is 0 Å². The summed E-state index contributed by atoms with van der Waals surface area (Å²) in [6.07, 6.45) is 0. The Balaban J connectivity index is 1.62. The molecular formula is C24H21FO6. The van der Waals surface area contributed by atoms with Gasteiger partial charge in [0, 0.05) is 5.56 Å². The Hall–Kier alpha value is -3.87. The molecule has 0 saturated heterocycles. The summed E-state index contributed by atoms with van der Waals surface area (Å²) in [4.78, 5) is 24.5. The number of methoxy groups -OCH3 is 2. The second-order valence-electron chi connectivity index (χ2n) is 6.49. The van der Waals surface area contributed by atoms with Gasteiger partial charge in [-0.3, -0.25) is 4.79 Å². The summed E-state index contributed by atoms with van der Waals surface area (Å²) in [5.41, 5.74) is 1.26. The maximum Gasteiger partial charge on any atom is 0.338 e. The largest absolute Gasteiger partial charge is 0.494 e. The van der Waals surface area contributed by atoms with Crippen molar-refractivity contribution < 1.29 is 32.9 Å². The molecule has 0 N–H and O–H groups in total. The van der Waals surface area contributed by atoms with Crippen LogP contribution in [-0.2, 0) is 11.3 Å². The van der Waals surface area contributed by atoms with Crippen molar-refractivity contribution in [1.29, 1.82) is 0 Å². The minimum atomic E-state index is -0.713. The van der Waals surface area contributed by atoms with Gasteiger partial charge in [0.15, 0.2) is 35.5 Å². The van der Waals surface area contributed by atoms with Crippen LogP contribution in [0.1, 0.15) is 26.3 Å². The van der Waals surface area contributed by atoms with E-state index >= 15 is 0 Å². The zero-order valence-corrected chi connectivity index (χ0v) is 17.1. The fraction of sp³-hybridized carbons (Fsp3) is 0.167. The second kappa shape index (κ2) is 10.2.